The van der Waals surface area contributed by atoms with Crippen LogP contribution in [0.4, 0.5) is 20.7 Å². The molecule has 3 atom stereocenters. The number of hydrogen-bond acceptors (Lipinski definition) is 6. The van der Waals surface area contributed by atoms with E-state index in [2.05, 4.69) is 15.4 Å². The fourth-order valence-electron chi connectivity index (χ4n) is 4.91. The Morgan fingerprint density at radius 3 is 2.61 bits per heavy atom. The number of aryl methyl sites for hydroxylation is 3. The standard InChI is InChI=1S/C27H32FN7O3/c1-6-22(20-12-18(28)8-7-15(20)2)32-27(38)35-24(26(37)34(5)19-13-30-33(4)14-19)21(25(35)36)10-17-9-16(3)31-23(29)11-17/h7-9,11-14,21-22,24H,6,10H2,1-5H3,(H2,29,31)(H,32,38)/t21-,22-,24+/m1/s1. The second-order valence-corrected chi connectivity index (χ2v) is 9.69. The maximum atomic E-state index is 14.0. The van der Waals surface area contributed by atoms with Crippen LogP contribution in [0.25, 0.3) is 0 Å². The number of pyridine rings is 1. The highest BCUT2D eigenvalue weighted by atomic mass is 19.1. The maximum Gasteiger partial charge on any atom is 0.325 e. The van der Waals surface area contributed by atoms with Gasteiger partial charge in [0.2, 0.25) is 5.91 Å². The lowest BCUT2D eigenvalue weighted by molar-refractivity contribution is -0.156. The van der Waals surface area contributed by atoms with Crippen LogP contribution in [0.1, 0.15) is 41.8 Å². The van der Waals surface area contributed by atoms with Crippen molar-refractivity contribution in [1.82, 2.24) is 25.0 Å². The summed E-state index contributed by atoms with van der Waals surface area (Å²) >= 11 is 0. The third-order valence-corrected chi connectivity index (χ3v) is 6.91. The lowest BCUT2D eigenvalue weighted by Gasteiger charge is -2.46. The summed E-state index contributed by atoms with van der Waals surface area (Å²) in [6.45, 7) is 5.47. The summed E-state index contributed by atoms with van der Waals surface area (Å²) in [4.78, 5) is 47.0. The number of likely N-dealkylation sites (N-methyl/N-ethyl adjacent to an activating group) is 1. The summed E-state index contributed by atoms with van der Waals surface area (Å²) in [5.74, 6) is -1.78. The minimum absolute atomic E-state index is 0.216. The van der Waals surface area contributed by atoms with Gasteiger partial charge in [0, 0.05) is 26.0 Å². The number of halogens is 1. The molecule has 2 aromatic heterocycles. The number of urea groups is 1. The normalized spacial score (nSPS) is 17.6. The number of benzene rings is 1. The molecule has 38 heavy (non-hydrogen) atoms. The zero-order chi connectivity index (χ0) is 27.7. The van der Waals surface area contributed by atoms with Gasteiger partial charge in [-0.3, -0.25) is 19.2 Å². The Morgan fingerprint density at radius 2 is 1.97 bits per heavy atom. The third-order valence-electron chi connectivity index (χ3n) is 6.91. The van der Waals surface area contributed by atoms with E-state index in [1.165, 1.54) is 23.2 Å². The van der Waals surface area contributed by atoms with Crippen molar-refractivity contribution in [3.63, 3.8) is 0 Å². The van der Waals surface area contributed by atoms with Crippen molar-refractivity contribution >= 4 is 29.4 Å². The van der Waals surface area contributed by atoms with Crippen LogP contribution in [0.15, 0.2) is 42.7 Å². The summed E-state index contributed by atoms with van der Waals surface area (Å²) in [6.07, 6.45) is 3.88. The molecule has 3 N–H and O–H groups in total. The number of amides is 4. The summed E-state index contributed by atoms with van der Waals surface area (Å²) in [5.41, 5.74) is 9.28. The Kier molecular flexibility index (Phi) is 7.47. The number of likely N-dealkylation sites (tertiary alicyclic amines) is 1. The molecule has 3 aromatic rings. The Bertz CT molecular complexity index is 1370. The van der Waals surface area contributed by atoms with Gasteiger partial charge in [-0.05, 0) is 67.6 Å². The van der Waals surface area contributed by atoms with Gasteiger partial charge in [0.05, 0.1) is 23.8 Å². The van der Waals surface area contributed by atoms with Gasteiger partial charge in [-0.25, -0.2) is 14.2 Å². The number of aromatic nitrogens is 3. The van der Waals surface area contributed by atoms with Gasteiger partial charge < -0.3 is 16.0 Å². The van der Waals surface area contributed by atoms with E-state index in [4.69, 9.17) is 5.73 Å². The monoisotopic (exact) mass is 521 g/mol. The first-order chi connectivity index (χ1) is 18.0. The first kappa shape index (κ1) is 26.8. The van der Waals surface area contributed by atoms with Crippen LogP contribution in [0.3, 0.4) is 0 Å². The summed E-state index contributed by atoms with van der Waals surface area (Å²) in [6, 6.07) is 5.54. The second kappa shape index (κ2) is 10.6. The Labute approximate surface area is 220 Å². The lowest BCUT2D eigenvalue weighted by atomic mass is 9.81. The van der Waals surface area contributed by atoms with Crippen LogP contribution in [-0.2, 0) is 23.1 Å². The molecule has 0 radical (unpaired) electrons. The number of nitrogens with two attached hydrogens (primary N) is 1. The van der Waals surface area contributed by atoms with Crippen molar-refractivity contribution < 1.29 is 18.8 Å². The highest BCUT2D eigenvalue weighted by Crippen LogP contribution is 2.34. The van der Waals surface area contributed by atoms with E-state index < -0.39 is 41.7 Å². The second-order valence-electron chi connectivity index (χ2n) is 9.69. The Balaban J connectivity index is 1.63. The molecule has 1 aliphatic heterocycles. The van der Waals surface area contributed by atoms with Crippen LogP contribution in [0, 0.1) is 25.6 Å². The number of nitrogens with one attached hydrogen (secondary N) is 1. The highest BCUT2D eigenvalue weighted by molar-refractivity contribution is 6.12. The fourth-order valence-corrected chi connectivity index (χ4v) is 4.91. The van der Waals surface area contributed by atoms with Gasteiger partial charge in [-0.15, -0.1) is 0 Å². The first-order valence-corrected chi connectivity index (χ1v) is 12.4. The molecule has 11 heteroatoms. The molecule has 1 aromatic carbocycles. The van der Waals surface area contributed by atoms with Crippen molar-refractivity contribution in [3.05, 3.63) is 70.9 Å². The molecule has 3 heterocycles. The van der Waals surface area contributed by atoms with Crippen LogP contribution in [-0.4, -0.2) is 50.6 Å². The topological polar surface area (TPSA) is 126 Å². The average molecular weight is 522 g/mol. The molecule has 0 unspecified atom stereocenters. The fraction of sp³-hybridized carbons (Fsp3) is 0.370. The van der Waals surface area contributed by atoms with Gasteiger partial charge in [0.15, 0.2) is 0 Å². The number of imide groups is 1. The molecule has 0 aliphatic carbocycles. The SMILES string of the molecule is CC[C@@H](NC(=O)N1C(=O)[C@H](Cc2cc(C)nc(N)c2)[C@H]1C(=O)N(C)c1cnn(C)c1)c1cc(F)ccc1C. The van der Waals surface area contributed by atoms with Crippen molar-refractivity contribution in [2.45, 2.75) is 45.7 Å². The van der Waals surface area contributed by atoms with Gasteiger partial charge in [-0.1, -0.05) is 13.0 Å². The van der Waals surface area contributed by atoms with E-state index in [-0.39, 0.29) is 6.42 Å². The van der Waals surface area contributed by atoms with Crippen molar-refractivity contribution in [3.8, 4) is 0 Å². The van der Waals surface area contributed by atoms with Crippen molar-refractivity contribution in [2.24, 2.45) is 13.0 Å². The zero-order valence-corrected chi connectivity index (χ0v) is 22.1. The van der Waals surface area contributed by atoms with Crippen LogP contribution in [0.5, 0.6) is 0 Å². The Hall–Kier alpha value is -4.28. The quantitative estimate of drug-likeness (QED) is 0.460. The smallest absolute Gasteiger partial charge is 0.325 e. The summed E-state index contributed by atoms with van der Waals surface area (Å²) < 4.78 is 15.5. The number of β-lactam (4-membered cyclic amide) rings is 1. The number of nitrogen functional groups attached to an aromatic ring is 1. The van der Waals surface area contributed by atoms with Gasteiger partial charge in [0.25, 0.3) is 5.91 Å². The molecule has 1 saturated heterocycles. The van der Waals surface area contributed by atoms with Crippen LogP contribution < -0.4 is 16.0 Å². The number of nitrogens with zero attached hydrogens (tertiary/aromatic N) is 5. The molecule has 4 amide bonds. The van der Waals surface area contributed by atoms with E-state index in [9.17, 15) is 18.8 Å². The van der Waals surface area contributed by atoms with E-state index >= 15 is 0 Å². The summed E-state index contributed by atoms with van der Waals surface area (Å²) in [7, 11) is 3.31. The molecule has 200 valence electrons. The zero-order valence-electron chi connectivity index (χ0n) is 22.1. The van der Waals surface area contributed by atoms with Crippen molar-refractivity contribution in [1.29, 1.82) is 0 Å². The Morgan fingerprint density at radius 1 is 1.24 bits per heavy atom. The third kappa shape index (κ3) is 5.22. The van der Waals surface area contributed by atoms with Gasteiger partial charge >= 0.3 is 6.03 Å². The predicted octanol–water partition coefficient (Wildman–Crippen LogP) is 3.05. The number of anilines is 2. The predicted molar refractivity (Wildman–Crippen MR) is 141 cm³/mol. The van der Waals surface area contributed by atoms with E-state index in [0.717, 1.165) is 16.0 Å². The molecule has 1 fully saturated rings. The maximum absolute atomic E-state index is 14.0. The van der Waals surface area contributed by atoms with Gasteiger partial charge in [-0.2, -0.15) is 5.10 Å². The number of carbonyl (C=O) groups is 3. The first-order valence-electron chi connectivity index (χ1n) is 12.4. The van der Waals surface area contributed by atoms with Crippen LogP contribution in [0.2, 0.25) is 0 Å². The minimum Gasteiger partial charge on any atom is -0.384 e. The molecule has 1 aliphatic rings. The average Bonchev–Trinajstić information content (AvgIpc) is 3.30. The van der Waals surface area contributed by atoms with E-state index in [1.54, 1.807) is 50.1 Å². The molecular formula is C27H32FN7O3. The molecule has 0 saturated carbocycles. The minimum atomic E-state index is -1.05. The number of hydrogen-bond donors (Lipinski definition) is 2. The van der Waals surface area contributed by atoms with Gasteiger partial charge in [0.1, 0.15) is 17.7 Å². The summed E-state index contributed by atoms with van der Waals surface area (Å²) in [5, 5.41) is 6.95. The van der Waals surface area contributed by atoms with E-state index in [1.807, 2.05) is 13.8 Å². The largest absolute Gasteiger partial charge is 0.384 e. The molecular weight excluding hydrogens is 489 g/mol. The number of rotatable bonds is 7. The van der Waals surface area contributed by atoms with Crippen LogP contribution >= 0.6 is 0 Å². The van der Waals surface area contributed by atoms with Crippen molar-refractivity contribution in [2.75, 3.05) is 17.7 Å². The number of carbonyl (C=O) groups excluding carboxylic acids is 3. The molecule has 0 spiro atoms. The lowest BCUT2D eigenvalue weighted by Crippen LogP contribution is -2.70. The molecule has 10 nitrogen and oxygen atoms in total. The molecule has 0 bridgehead atoms. The van der Waals surface area contributed by atoms with E-state index in [0.29, 0.717) is 29.2 Å². The highest BCUT2D eigenvalue weighted by Gasteiger charge is 2.55. The molecule has 4 rings (SSSR count).